The molecule has 1 aromatic heterocycles. The van der Waals surface area contributed by atoms with Gasteiger partial charge < -0.3 is 14.5 Å². The van der Waals surface area contributed by atoms with Crippen LogP contribution in [0.1, 0.15) is 32.1 Å². The SMILES string of the molecule is Cn1ccn(CCNC2CCCCC2)c(=O)c1=O. The van der Waals surface area contributed by atoms with Crippen LogP contribution in [0.25, 0.3) is 0 Å². The van der Waals surface area contributed by atoms with Crippen LogP contribution < -0.4 is 16.4 Å². The van der Waals surface area contributed by atoms with E-state index in [-0.39, 0.29) is 0 Å². The van der Waals surface area contributed by atoms with Crippen LogP contribution in [0.2, 0.25) is 0 Å². The van der Waals surface area contributed by atoms with Crippen molar-refractivity contribution in [2.45, 2.75) is 44.7 Å². The van der Waals surface area contributed by atoms with Crippen LogP contribution in [0.5, 0.6) is 0 Å². The van der Waals surface area contributed by atoms with Crippen molar-refractivity contribution in [2.24, 2.45) is 7.05 Å². The molecule has 1 aromatic rings. The molecule has 0 amide bonds. The molecule has 0 radical (unpaired) electrons. The zero-order chi connectivity index (χ0) is 13.0. The van der Waals surface area contributed by atoms with Crippen LogP contribution in [-0.4, -0.2) is 21.7 Å². The summed E-state index contributed by atoms with van der Waals surface area (Å²) >= 11 is 0. The van der Waals surface area contributed by atoms with Crippen molar-refractivity contribution in [1.29, 1.82) is 0 Å². The van der Waals surface area contributed by atoms with Crippen molar-refractivity contribution in [3.8, 4) is 0 Å². The number of hydrogen-bond donors (Lipinski definition) is 1. The standard InChI is InChI=1S/C13H21N3O2/c1-15-9-10-16(13(18)12(15)17)8-7-14-11-5-3-2-4-6-11/h9-11,14H,2-8H2,1H3. The van der Waals surface area contributed by atoms with Crippen molar-refractivity contribution in [1.82, 2.24) is 14.5 Å². The maximum absolute atomic E-state index is 11.7. The molecule has 100 valence electrons. The second-order valence-electron chi connectivity index (χ2n) is 5.00. The Morgan fingerprint density at radius 3 is 2.61 bits per heavy atom. The van der Waals surface area contributed by atoms with Gasteiger partial charge in [0.15, 0.2) is 0 Å². The highest BCUT2D eigenvalue weighted by atomic mass is 16.2. The normalized spacial score (nSPS) is 16.9. The maximum atomic E-state index is 11.7. The first-order valence-electron chi connectivity index (χ1n) is 6.68. The smallest absolute Gasteiger partial charge is 0.312 e. The van der Waals surface area contributed by atoms with Crippen LogP contribution >= 0.6 is 0 Å². The van der Waals surface area contributed by atoms with E-state index in [1.807, 2.05) is 0 Å². The summed E-state index contributed by atoms with van der Waals surface area (Å²) in [7, 11) is 1.59. The van der Waals surface area contributed by atoms with Gasteiger partial charge in [-0.3, -0.25) is 9.59 Å². The van der Waals surface area contributed by atoms with Gasteiger partial charge in [-0.25, -0.2) is 0 Å². The first kappa shape index (κ1) is 13.1. The minimum absolute atomic E-state index is 0.439. The average molecular weight is 251 g/mol. The van der Waals surface area contributed by atoms with Gasteiger partial charge in [0.25, 0.3) is 0 Å². The Hall–Kier alpha value is -1.36. The summed E-state index contributed by atoms with van der Waals surface area (Å²) in [6.45, 7) is 1.31. The lowest BCUT2D eigenvalue weighted by atomic mass is 9.95. The van der Waals surface area contributed by atoms with Crippen LogP contribution in [0.3, 0.4) is 0 Å². The molecule has 1 heterocycles. The molecule has 1 aliphatic rings. The predicted molar refractivity (Wildman–Crippen MR) is 70.8 cm³/mol. The molecule has 0 atom stereocenters. The van der Waals surface area contributed by atoms with E-state index in [4.69, 9.17) is 0 Å². The third-order valence-corrected chi connectivity index (χ3v) is 3.63. The molecule has 1 N–H and O–H groups in total. The van der Waals surface area contributed by atoms with E-state index in [0.29, 0.717) is 12.6 Å². The van der Waals surface area contributed by atoms with Gasteiger partial charge in [-0.2, -0.15) is 0 Å². The summed E-state index contributed by atoms with van der Waals surface area (Å²) in [5.41, 5.74) is -0.902. The summed E-state index contributed by atoms with van der Waals surface area (Å²) in [4.78, 5) is 23.1. The summed E-state index contributed by atoms with van der Waals surface area (Å²) in [6, 6.07) is 0.584. The first-order chi connectivity index (χ1) is 8.68. The molecular formula is C13H21N3O2. The quantitative estimate of drug-likeness (QED) is 0.791. The topological polar surface area (TPSA) is 56.0 Å². The zero-order valence-electron chi connectivity index (χ0n) is 10.9. The Balaban J connectivity index is 1.88. The molecular weight excluding hydrogens is 230 g/mol. The summed E-state index contributed by atoms with van der Waals surface area (Å²) < 4.78 is 2.80. The molecule has 1 fully saturated rings. The minimum Gasteiger partial charge on any atom is -0.312 e. The van der Waals surface area contributed by atoms with E-state index in [2.05, 4.69) is 5.32 Å². The van der Waals surface area contributed by atoms with E-state index in [1.54, 1.807) is 19.4 Å². The fourth-order valence-corrected chi connectivity index (χ4v) is 2.46. The second-order valence-corrected chi connectivity index (χ2v) is 5.00. The van der Waals surface area contributed by atoms with E-state index in [9.17, 15) is 9.59 Å². The second kappa shape index (κ2) is 6.00. The Bertz CT molecular complexity index is 498. The number of nitrogens with zero attached hydrogens (tertiary/aromatic N) is 2. The van der Waals surface area contributed by atoms with Crippen molar-refractivity contribution in [3.63, 3.8) is 0 Å². The molecule has 1 saturated carbocycles. The highest BCUT2D eigenvalue weighted by Gasteiger charge is 2.12. The van der Waals surface area contributed by atoms with Crippen LogP contribution in [0.4, 0.5) is 0 Å². The third kappa shape index (κ3) is 3.10. The molecule has 18 heavy (non-hydrogen) atoms. The van der Waals surface area contributed by atoms with Crippen molar-refractivity contribution < 1.29 is 0 Å². The average Bonchev–Trinajstić information content (AvgIpc) is 2.40. The zero-order valence-corrected chi connectivity index (χ0v) is 10.9. The van der Waals surface area contributed by atoms with Gasteiger partial charge in [-0.1, -0.05) is 19.3 Å². The summed E-state index contributed by atoms with van der Waals surface area (Å²) in [5, 5.41) is 3.46. The Labute approximate surface area is 106 Å². The Morgan fingerprint density at radius 1 is 1.17 bits per heavy atom. The Morgan fingerprint density at radius 2 is 1.89 bits per heavy atom. The van der Waals surface area contributed by atoms with E-state index >= 15 is 0 Å². The maximum Gasteiger partial charge on any atom is 0.316 e. The number of aromatic nitrogens is 2. The molecule has 0 aliphatic heterocycles. The molecule has 5 heteroatoms. The van der Waals surface area contributed by atoms with Crippen LogP contribution in [0, 0.1) is 0 Å². The highest BCUT2D eigenvalue weighted by Crippen LogP contribution is 2.16. The van der Waals surface area contributed by atoms with Gasteiger partial charge in [-0.05, 0) is 12.8 Å². The predicted octanol–water partition coefficient (Wildman–Crippen LogP) is 0.469. The molecule has 0 unspecified atom stereocenters. The number of hydrogen-bond acceptors (Lipinski definition) is 3. The molecule has 2 rings (SSSR count). The lowest BCUT2D eigenvalue weighted by Gasteiger charge is -2.22. The Kier molecular flexibility index (Phi) is 4.36. The van der Waals surface area contributed by atoms with E-state index in [0.717, 1.165) is 6.54 Å². The molecule has 0 spiro atoms. The van der Waals surface area contributed by atoms with Crippen molar-refractivity contribution >= 4 is 0 Å². The minimum atomic E-state index is -0.463. The van der Waals surface area contributed by atoms with Crippen LogP contribution in [-0.2, 0) is 13.6 Å². The number of aryl methyl sites for hydroxylation is 1. The van der Waals surface area contributed by atoms with Gasteiger partial charge >= 0.3 is 11.1 Å². The first-order valence-corrected chi connectivity index (χ1v) is 6.68. The molecule has 5 nitrogen and oxygen atoms in total. The van der Waals surface area contributed by atoms with E-state index < -0.39 is 11.1 Å². The van der Waals surface area contributed by atoms with E-state index in [1.165, 1.54) is 41.2 Å². The van der Waals surface area contributed by atoms with Crippen LogP contribution in [0.15, 0.2) is 22.0 Å². The van der Waals surface area contributed by atoms with Gasteiger partial charge in [0.1, 0.15) is 0 Å². The molecule has 1 aliphatic carbocycles. The molecule has 0 aromatic carbocycles. The third-order valence-electron chi connectivity index (χ3n) is 3.63. The van der Waals surface area contributed by atoms with Gasteiger partial charge in [0.05, 0.1) is 0 Å². The van der Waals surface area contributed by atoms with Gasteiger partial charge in [0.2, 0.25) is 0 Å². The number of rotatable bonds is 4. The lowest BCUT2D eigenvalue weighted by molar-refractivity contribution is 0.366. The largest absolute Gasteiger partial charge is 0.316 e. The lowest BCUT2D eigenvalue weighted by Crippen LogP contribution is -2.42. The van der Waals surface area contributed by atoms with Crippen molar-refractivity contribution in [2.75, 3.05) is 6.54 Å². The molecule has 0 bridgehead atoms. The van der Waals surface area contributed by atoms with Gasteiger partial charge in [-0.15, -0.1) is 0 Å². The van der Waals surface area contributed by atoms with Gasteiger partial charge in [0, 0.05) is 38.6 Å². The summed E-state index contributed by atoms with van der Waals surface area (Å²) in [6.07, 6.45) is 9.69. The van der Waals surface area contributed by atoms with Crippen molar-refractivity contribution in [3.05, 3.63) is 33.1 Å². The fourth-order valence-electron chi connectivity index (χ4n) is 2.46. The monoisotopic (exact) mass is 251 g/mol. The molecule has 0 saturated heterocycles. The highest BCUT2D eigenvalue weighted by molar-refractivity contribution is 4.85. The number of nitrogens with one attached hydrogen (secondary N) is 1. The fraction of sp³-hybridized carbons (Fsp3) is 0.692. The summed E-state index contributed by atoms with van der Waals surface area (Å²) in [5.74, 6) is 0.